The number of rotatable bonds is 9. The van der Waals surface area contributed by atoms with Gasteiger partial charge in [-0.15, -0.1) is 0 Å². The molecular formula is C21H28N2O6. The Morgan fingerprint density at radius 1 is 1.28 bits per heavy atom. The molecule has 1 aromatic carbocycles. The molecule has 1 heterocycles. The molecule has 1 aliphatic rings. The summed E-state index contributed by atoms with van der Waals surface area (Å²) in [6, 6.07) is 5.02. The number of ether oxygens (including phenoxy) is 3. The first-order chi connectivity index (χ1) is 14.0. The molecule has 1 amide bonds. The number of fused-ring (bicyclic) bond motifs is 1. The summed E-state index contributed by atoms with van der Waals surface area (Å²) in [5, 5.41) is 13.2. The summed E-state index contributed by atoms with van der Waals surface area (Å²) in [6.45, 7) is 3.05. The van der Waals surface area contributed by atoms with E-state index >= 15 is 0 Å². The van der Waals surface area contributed by atoms with Crippen LogP contribution in [-0.2, 0) is 4.74 Å². The normalized spacial score (nSPS) is 15.4. The first kappa shape index (κ1) is 21.1. The van der Waals surface area contributed by atoms with Gasteiger partial charge in [0.05, 0.1) is 31.4 Å². The predicted molar refractivity (Wildman–Crippen MR) is 109 cm³/mol. The van der Waals surface area contributed by atoms with E-state index in [1.54, 1.807) is 18.2 Å². The standard InChI is InChI=1S/C21H28N2O6/c1-3-28-10-11-29-18-16(27-2)7-6-14-12-15(19(25)22-17(14)18)20(26)23-21(13-24)8-4-5-9-21/h6-7,12,24H,3-5,8-11,13H2,1-2H3,(H,22,25)(H,23,26). The highest BCUT2D eigenvalue weighted by Gasteiger charge is 2.35. The third-order valence-electron chi connectivity index (χ3n) is 5.32. The minimum atomic E-state index is -0.647. The summed E-state index contributed by atoms with van der Waals surface area (Å²) >= 11 is 0. The van der Waals surface area contributed by atoms with Gasteiger partial charge in [-0.1, -0.05) is 12.8 Å². The molecule has 158 valence electrons. The van der Waals surface area contributed by atoms with Crippen molar-refractivity contribution in [2.24, 2.45) is 0 Å². The molecule has 0 spiro atoms. The predicted octanol–water partition coefficient (Wildman–Crippen LogP) is 1.99. The Morgan fingerprint density at radius 2 is 2.03 bits per heavy atom. The number of aliphatic hydroxyl groups is 1. The van der Waals surface area contributed by atoms with Gasteiger partial charge in [-0.05, 0) is 38.0 Å². The Bertz CT molecular complexity index is 917. The van der Waals surface area contributed by atoms with Gasteiger partial charge < -0.3 is 29.6 Å². The van der Waals surface area contributed by atoms with Gasteiger partial charge in [-0.25, -0.2) is 0 Å². The van der Waals surface area contributed by atoms with Crippen molar-refractivity contribution in [2.75, 3.05) is 33.5 Å². The molecule has 29 heavy (non-hydrogen) atoms. The molecule has 0 aliphatic heterocycles. The van der Waals surface area contributed by atoms with Gasteiger partial charge in [0.2, 0.25) is 0 Å². The maximum atomic E-state index is 12.8. The number of aromatic nitrogens is 1. The third-order valence-corrected chi connectivity index (χ3v) is 5.32. The van der Waals surface area contributed by atoms with Crippen LogP contribution in [0.4, 0.5) is 0 Å². The lowest BCUT2D eigenvalue weighted by Gasteiger charge is -2.27. The minimum absolute atomic E-state index is 0.00246. The van der Waals surface area contributed by atoms with E-state index in [2.05, 4.69) is 10.3 Å². The third kappa shape index (κ3) is 4.54. The number of carbonyl (C=O) groups is 1. The van der Waals surface area contributed by atoms with Crippen LogP contribution in [0.25, 0.3) is 10.9 Å². The van der Waals surface area contributed by atoms with Crippen molar-refractivity contribution in [3.63, 3.8) is 0 Å². The number of amides is 1. The van der Waals surface area contributed by atoms with Crippen molar-refractivity contribution in [3.05, 3.63) is 34.1 Å². The lowest BCUT2D eigenvalue weighted by Crippen LogP contribution is -2.50. The van der Waals surface area contributed by atoms with E-state index in [-0.39, 0.29) is 12.2 Å². The van der Waals surface area contributed by atoms with Crippen molar-refractivity contribution in [1.82, 2.24) is 10.3 Å². The van der Waals surface area contributed by atoms with Gasteiger partial charge in [-0.3, -0.25) is 9.59 Å². The molecule has 1 aromatic heterocycles. The second kappa shape index (κ2) is 9.28. The molecule has 0 bridgehead atoms. The molecular weight excluding hydrogens is 376 g/mol. The molecule has 1 fully saturated rings. The van der Waals surface area contributed by atoms with Crippen LogP contribution in [0.15, 0.2) is 23.0 Å². The number of hydrogen-bond acceptors (Lipinski definition) is 6. The second-order valence-corrected chi connectivity index (χ2v) is 7.22. The fourth-order valence-corrected chi connectivity index (χ4v) is 3.73. The summed E-state index contributed by atoms with van der Waals surface area (Å²) < 4.78 is 16.4. The quantitative estimate of drug-likeness (QED) is 0.552. The van der Waals surface area contributed by atoms with E-state index in [4.69, 9.17) is 14.2 Å². The zero-order valence-corrected chi connectivity index (χ0v) is 16.9. The number of hydrogen-bond donors (Lipinski definition) is 3. The van der Waals surface area contributed by atoms with E-state index < -0.39 is 17.0 Å². The Kier molecular flexibility index (Phi) is 6.76. The van der Waals surface area contributed by atoms with Gasteiger partial charge in [0.15, 0.2) is 11.5 Å². The maximum Gasteiger partial charge on any atom is 0.261 e. The Morgan fingerprint density at radius 3 is 2.69 bits per heavy atom. The largest absolute Gasteiger partial charge is 0.493 e. The molecule has 0 unspecified atom stereocenters. The number of methoxy groups -OCH3 is 1. The van der Waals surface area contributed by atoms with E-state index in [9.17, 15) is 14.7 Å². The first-order valence-electron chi connectivity index (χ1n) is 9.91. The highest BCUT2D eigenvalue weighted by atomic mass is 16.5. The van der Waals surface area contributed by atoms with E-state index in [0.717, 1.165) is 12.8 Å². The van der Waals surface area contributed by atoms with E-state index in [1.807, 2.05) is 6.92 Å². The molecule has 3 rings (SSSR count). The van der Waals surface area contributed by atoms with Gasteiger partial charge >= 0.3 is 0 Å². The lowest BCUT2D eigenvalue weighted by atomic mass is 9.98. The SMILES string of the molecule is CCOCCOc1c(OC)ccc2cc(C(=O)NC3(CO)CCCC3)c(=O)[nH]c12. The van der Waals surface area contributed by atoms with Crippen molar-refractivity contribution in [3.8, 4) is 11.5 Å². The lowest BCUT2D eigenvalue weighted by molar-refractivity contribution is 0.0837. The minimum Gasteiger partial charge on any atom is -0.493 e. The number of carbonyl (C=O) groups excluding carboxylic acids is 1. The number of nitrogens with one attached hydrogen (secondary N) is 2. The molecule has 2 aromatic rings. The average Bonchev–Trinajstić information content (AvgIpc) is 3.19. The smallest absolute Gasteiger partial charge is 0.261 e. The summed E-state index contributed by atoms with van der Waals surface area (Å²) in [6.07, 6.45) is 3.29. The molecule has 0 saturated heterocycles. The van der Waals surface area contributed by atoms with Crippen LogP contribution in [0.1, 0.15) is 43.0 Å². The fraction of sp³-hybridized carbons (Fsp3) is 0.524. The van der Waals surface area contributed by atoms with Crippen LogP contribution in [0.5, 0.6) is 11.5 Å². The molecule has 1 aliphatic carbocycles. The summed E-state index contributed by atoms with van der Waals surface area (Å²) in [5.74, 6) is 0.391. The Labute approximate surface area is 169 Å². The van der Waals surface area contributed by atoms with Gasteiger partial charge in [-0.2, -0.15) is 0 Å². The number of pyridine rings is 1. The highest BCUT2D eigenvalue weighted by molar-refractivity contribution is 5.99. The van der Waals surface area contributed by atoms with Crippen LogP contribution < -0.4 is 20.3 Å². The summed E-state index contributed by atoms with van der Waals surface area (Å²) in [4.78, 5) is 28.2. The zero-order chi connectivity index (χ0) is 20.9. The maximum absolute atomic E-state index is 12.8. The first-order valence-corrected chi connectivity index (χ1v) is 9.91. The molecule has 1 saturated carbocycles. The van der Waals surface area contributed by atoms with E-state index in [0.29, 0.717) is 55.1 Å². The topological polar surface area (TPSA) is 110 Å². The van der Waals surface area contributed by atoms with Crippen molar-refractivity contribution >= 4 is 16.8 Å². The van der Waals surface area contributed by atoms with Crippen LogP contribution in [0.2, 0.25) is 0 Å². The fourth-order valence-electron chi connectivity index (χ4n) is 3.73. The van der Waals surface area contributed by atoms with E-state index in [1.165, 1.54) is 7.11 Å². The summed E-state index contributed by atoms with van der Waals surface area (Å²) in [7, 11) is 1.52. The van der Waals surface area contributed by atoms with Crippen LogP contribution in [0.3, 0.4) is 0 Å². The molecule has 0 atom stereocenters. The number of aliphatic hydroxyl groups excluding tert-OH is 1. The number of benzene rings is 1. The molecule has 0 radical (unpaired) electrons. The molecule has 3 N–H and O–H groups in total. The van der Waals surface area contributed by atoms with Crippen molar-refractivity contribution in [1.29, 1.82) is 0 Å². The highest BCUT2D eigenvalue weighted by Crippen LogP contribution is 2.34. The average molecular weight is 404 g/mol. The monoisotopic (exact) mass is 404 g/mol. The van der Waals surface area contributed by atoms with Gasteiger partial charge in [0.25, 0.3) is 11.5 Å². The molecule has 8 nitrogen and oxygen atoms in total. The Hall–Kier alpha value is -2.58. The summed E-state index contributed by atoms with van der Waals surface area (Å²) in [5.41, 5.74) is -0.710. The number of H-pyrrole nitrogens is 1. The van der Waals surface area contributed by atoms with Crippen molar-refractivity contribution < 1.29 is 24.1 Å². The second-order valence-electron chi connectivity index (χ2n) is 7.22. The number of aromatic amines is 1. The molecule has 8 heteroatoms. The van der Waals surface area contributed by atoms with Crippen LogP contribution >= 0.6 is 0 Å². The zero-order valence-electron chi connectivity index (χ0n) is 16.9. The van der Waals surface area contributed by atoms with Crippen molar-refractivity contribution in [2.45, 2.75) is 38.1 Å². The van der Waals surface area contributed by atoms with Crippen LogP contribution in [0, 0.1) is 0 Å². The Balaban J connectivity index is 1.92. The van der Waals surface area contributed by atoms with Gasteiger partial charge in [0, 0.05) is 12.0 Å². The van der Waals surface area contributed by atoms with Crippen LogP contribution in [-0.4, -0.2) is 55.1 Å². The van der Waals surface area contributed by atoms with Gasteiger partial charge in [0.1, 0.15) is 12.2 Å².